The van der Waals surface area contributed by atoms with Crippen LogP contribution in [-0.2, 0) is 11.3 Å². The largest absolute Gasteiger partial charge is 0.497 e. The zero-order valence-corrected chi connectivity index (χ0v) is 13.1. The van der Waals surface area contributed by atoms with E-state index in [1.807, 2.05) is 36.1 Å². The second-order valence-corrected chi connectivity index (χ2v) is 5.62. The summed E-state index contributed by atoms with van der Waals surface area (Å²) in [4.78, 5) is 14.2. The van der Waals surface area contributed by atoms with Crippen molar-refractivity contribution in [3.05, 3.63) is 29.8 Å². The van der Waals surface area contributed by atoms with Crippen LogP contribution in [0.3, 0.4) is 0 Å². The van der Waals surface area contributed by atoms with Crippen LogP contribution in [0.2, 0.25) is 0 Å². The minimum Gasteiger partial charge on any atom is -0.497 e. The van der Waals surface area contributed by atoms with Crippen molar-refractivity contribution >= 4 is 5.91 Å². The molecule has 4 nitrogen and oxygen atoms in total. The zero-order chi connectivity index (χ0) is 15.1. The molecule has 0 radical (unpaired) electrons. The van der Waals surface area contributed by atoms with E-state index in [-0.39, 0.29) is 5.91 Å². The van der Waals surface area contributed by atoms with Gasteiger partial charge in [-0.15, -0.1) is 0 Å². The monoisotopic (exact) mass is 290 g/mol. The van der Waals surface area contributed by atoms with Gasteiger partial charge in [-0.25, -0.2) is 0 Å². The Hall–Kier alpha value is -1.55. The van der Waals surface area contributed by atoms with Crippen molar-refractivity contribution in [3.63, 3.8) is 0 Å². The molecule has 0 heterocycles. The molecular weight excluding hydrogens is 264 g/mol. The van der Waals surface area contributed by atoms with Gasteiger partial charge in [0, 0.05) is 19.1 Å². The van der Waals surface area contributed by atoms with Crippen molar-refractivity contribution in [3.8, 4) is 5.75 Å². The Morgan fingerprint density at radius 1 is 1.29 bits per heavy atom. The van der Waals surface area contributed by atoms with Gasteiger partial charge in [0.05, 0.1) is 13.7 Å². The number of rotatable bonds is 7. The van der Waals surface area contributed by atoms with Crippen molar-refractivity contribution in [1.82, 2.24) is 10.2 Å². The minimum atomic E-state index is 0.181. The number of ether oxygens (including phenoxy) is 1. The van der Waals surface area contributed by atoms with Gasteiger partial charge in [-0.3, -0.25) is 4.79 Å². The summed E-state index contributed by atoms with van der Waals surface area (Å²) >= 11 is 0. The van der Waals surface area contributed by atoms with E-state index in [9.17, 15) is 4.79 Å². The molecule has 116 valence electrons. The maximum absolute atomic E-state index is 12.3. The highest BCUT2D eigenvalue weighted by molar-refractivity contribution is 5.78. The first-order valence-corrected chi connectivity index (χ1v) is 7.87. The first-order chi connectivity index (χ1) is 10.2. The molecule has 1 fully saturated rings. The molecule has 0 spiro atoms. The van der Waals surface area contributed by atoms with Crippen LogP contribution < -0.4 is 10.1 Å². The molecule has 1 amide bonds. The highest BCUT2D eigenvalue weighted by Crippen LogP contribution is 2.17. The van der Waals surface area contributed by atoms with Crippen LogP contribution >= 0.6 is 0 Å². The van der Waals surface area contributed by atoms with Gasteiger partial charge in [-0.1, -0.05) is 25.0 Å². The molecule has 1 saturated carbocycles. The molecule has 0 saturated heterocycles. The number of benzene rings is 1. The molecule has 0 aromatic heterocycles. The second kappa shape index (κ2) is 8.03. The number of likely N-dealkylation sites (N-methyl/N-ethyl adjacent to an activating group) is 1. The number of hydrogen-bond donors (Lipinski definition) is 1. The Morgan fingerprint density at radius 2 is 1.95 bits per heavy atom. The standard InChI is InChI=1S/C17H26N2O2/c1-3-19(13-14-8-10-16(21-2)11-9-14)17(20)12-18-15-6-4-5-7-15/h8-11,15,18H,3-7,12-13H2,1-2H3. The van der Waals surface area contributed by atoms with E-state index in [2.05, 4.69) is 5.32 Å². The van der Waals surface area contributed by atoms with E-state index in [1.165, 1.54) is 25.7 Å². The van der Waals surface area contributed by atoms with Gasteiger partial charge in [0.15, 0.2) is 0 Å². The predicted molar refractivity (Wildman–Crippen MR) is 84.3 cm³/mol. The highest BCUT2D eigenvalue weighted by atomic mass is 16.5. The third kappa shape index (κ3) is 4.74. The van der Waals surface area contributed by atoms with E-state index >= 15 is 0 Å². The smallest absolute Gasteiger partial charge is 0.236 e. The van der Waals surface area contributed by atoms with Crippen LogP contribution in [0.1, 0.15) is 38.2 Å². The molecule has 1 aromatic carbocycles. The van der Waals surface area contributed by atoms with E-state index in [0.29, 0.717) is 19.1 Å². The Kier molecular flexibility index (Phi) is 6.05. The van der Waals surface area contributed by atoms with Gasteiger partial charge in [-0.2, -0.15) is 0 Å². The van der Waals surface area contributed by atoms with E-state index in [4.69, 9.17) is 4.74 Å². The number of nitrogens with zero attached hydrogens (tertiary/aromatic N) is 1. The summed E-state index contributed by atoms with van der Waals surface area (Å²) in [5.41, 5.74) is 1.13. The van der Waals surface area contributed by atoms with Crippen LogP contribution in [0.15, 0.2) is 24.3 Å². The summed E-state index contributed by atoms with van der Waals surface area (Å²) < 4.78 is 5.15. The van der Waals surface area contributed by atoms with Crippen LogP contribution in [0.25, 0.3) is 0 Å². The fourth-order valence-electron chi connectivity index (χ4n) is 2.80. The lowest BCUT2D eigenvalue weighted by molar-refractivity contribution is -0.130. The van der Waals surface area contributed by atoms with Crippen molar-refractivity contribution in [2.45, 2.75) is 45.2 Å². The maximum atomic E-state index is 12.3. The number of nitrogens with one attached hydrogen (secondary N) is 1. The molecule has 0 unspecified atom stereocenters. The van der Waals surface area contributed by atoms with E-state index in [0.717, 1.165) is 17.9 Å². The Morgan fingerprint density at radius 3 is 2.52 bits per heavy atom. The Bertz CT molecular complexity index is 439. The van der Waals surface area contributed by atoms with Crippen LogP contribution in [0.5, 0.6) is 5.75 Å². The Balaban J connectivity index is 1.83. The molecule has 4 heteroatoms. The molecule has 21 heavy (non-hydrogen) atoms. The topological polar surface area (TPSA) is 41.6 Å². The third-order valence-corrected chi connectivity index (χ3v) is 4.16. The molecule has 1 aliphatic carbocycles. The number of methoxy groups -OCH3 is 1. The van der Waals surface area contributed by atoms with Crippen LogP contribution in [-0.4, -0.2) is 37.0 Å². The number of hydrogen-bond acceptors (Lipinski definition) is 3. The third-order valence-electron chi connectivity index (χ3n) is 4.16. The van der Waals surface area contributed by atoms with Gasteiger partial charge in [-0.05, 0) is 37.5 Å². The molecule has 2 rings (SSSR count). The van der Waals surface area contributed by atoms with Gasteiger partial charge in [0.2, 0.25) is 5.91 Å². The molecular formula is C17H26N2O2. The predicted octanol–water partition coefficient (Wildman–Crippen LogP) is 2.58. The number of carbonyl (C=O) groups is 1. The summed E-state index contributed by atoms with van der Waals surface area (Å²) in [5, 5.41) is 3.39. The summed E-state index contributed by atoms with van der Waals surface area (Å²) in [7, 11) is 1.66. The van der Waals surface area contributed by atoms with Crippen LogP contribution in [0.4, 0.5) is 0 Å². The second-order valence-electron chi connectivity index (χ2n) is 5.62. The number of carbonyl (C=O) groups excluding carboxylic acids is 1. The molecule has 1 aromatic rings. The van der Waals surface area contributed by atoms with Crippen LogP contribution in [0, 0.1) is 0 Å². The van der Waals surface area contributed by atoms with Gasteiger partial charge in [0.1, 0.15) is 5.75 Å². The lowest BCUT2D eigenvalue weighted by Crippen LogP contribution is -2.40. The average molecular weight is 290 g/mol. The van der Waals surface area contributed by atoms with Gasteiger partial charge in [0.25, 0.3) is 0 Å². The molecule has 0 atom stereocenters. The first kappa shape index (κ1) is 15.8. The normalized spacial score (nSPS) is 15.1. The fraction of sp³-hybridized carbons (Fsp3) is 0.588. The van der Waals surface area contributed by atoms with E-state index in [1.54, 1.807) is 7.11 Å². The van der Waals surface area contributed by atoms with Crippen molar-refractivity contribution in [2.75, 3.05) is 20.2 Å². The van der Waals surface area contributed by atoms with Crippen molar-refractivity contribution in [1.29, 1.82) is 0 Å². The van der Waals surface area contributed by atoms with Gasteiger partial charge < -0.3 is 15.0 Å². The zero-order valence-electron chi connectivity index (χ0n) is 13.1. The molecule has 0 aliphatic heterocycles. The Labute approximate surface area is 127 Å². The molecule has 0 bridgehead atoms. The lowest BCUT2D eigenvalue weighted by atomic mass is 10.2. The first-order valence-electron chi connectivity index (χ1n) is 7.87. The fourth-order valence-corrected chi connectivity index (χ4v) is 2.80. The highest BCUT2D eigenvalue weighted by Gasteiger charge is 2.17. The number of amides is 1. The maximum Gasteiger partial charge on any atom is 0.236 e. The summed E-state index contributed by atoms with van der Waals surface area (Å²) in [5.74, 6) is 1.02. The minimum absolute atomic E-state index is 0.181. The molecule has 1 aliphatic rings. The van der Waals surface area contributed by atoms with Crippen molar-refractivity contribution < 1.29 is 9.53 Å². The SMILES string of the molecule is CCN(Cc1ccc(OC)cc1)C(=O)CNC1CCCC1. The summed E-state index contributed by atoms with van der Waals surface area (Å²) in [6.07, 6.45) is 4.99. The quantitative estimate of drug-likeness (QED) is 0.839. The summed E-state index contributed by atoms with van der Waals surface area (Å²) in [6.45, 7) is 3.87. The average Bonchev–Trinajstić information content (AvgIpc) is 3.04. The van der Waals surface area contributed by atoms with Crippen molar-refractivity contribution in [2.24, 2.45) is 0 Å². The van der Waals surface area contributed by atoms with Gasteiger partial charge >= 0.3 is 0 Å². The molecule has 1 N–H and O–H groups in total. The summed E-state index contributed by atoms with van der Waals surface area (Å²) in [6, 6.07) is 8.43. The lowest BCUT2D eigenvalue weighted by Gasteiger charge is -2.22. The van der Waals surface area contributed by atoms with E-state index < -0.39 is 0 Å².